The van der Waals surface area contributed by atoms with E-state index in [-0.39, 0.29) is 6.03 Å². The number of amides is 2. The predicted octanol–water partition coefficient (Wildman–Crippen LogP) is 0.712. The van der Waals surface area contributed by atoms with Crippen molar-refractivity contribution in [2.45, 2.75) is 6.92 Å². The maximum atomic E-state index is 12.0. The Labute approximate surface area is 130 Å². The minimum absolute atomic E-state index is 0.0286. The van der Waals surface area contributed by atoms with Crippen molar-refractivity contribution in [3.63, 3.8) is 0 Å². The smallest absolute Gasteiger partial charge is 0.317 e. The summed E-state index contributed by atoms with van der Waals surface area (Å²) in [5.74, 6) is 0.552. The van der Waals surface area contributed by atoms with E-state index in [9.17, 15) is 4.79 Å². The molecule has 0 aliphatic carbocycles. The summed E-state index contributed by atoms with van der Waals surface area (Å²) in [5, 5.41) is 14.9. The molecule has 7 nitrogen and oxygen atoms in total. The van der Waals surface area contributed by atoms with Gasteiger partial charge in [0.25, 0.3) is 0 Å². The van der Waals surface area contributed by atoms with Gasteiger partial charge >= 0.3 is 6.03 Å². The standard InChI is InChI=1S/C15H22N6O/c1-2-20-8-10-21(11-9-20)15(22)19-7-6-18-14-13(12-16)4-3-5-17-14/h3-5H,2,6-11H2,1H3,(H,17,18)(H,19,22). The van der Waals surface area contributed by atoms with Crippen LogP contribution in [0, 0.1) is 11.3 Å². The third-order valence-electron chi connectivity index (χ3n) is 3.73. The third-order valence-corrected chi connectivity index (χ3v) is 3.73. The fraction of sp³-hybridized carbons (Fsp3) is 0.533. The molecule has 1 fully saturated rings. The Balaban J connectivity index is 1.68. The van der Waals surface area contributed by atoms with Crippen LogP contribution in [0.25, 0.3) is 0 Å². The fourth-order valence-corrected chi connectivity index (χ4v) is 2.37. The molecule has 2 N–H and O–H groups in total. The Bertz CT molecular complexity index is 533. The van der Waals surface area contributed by atoms with Crippen LogP contribution in [-0.2, 0) is 0 Å². The van der Waals surface area contributed by atoms with E-state index in [1.54, 1.807) is 18.3 Å². The number of carbonyl (C=O) groups is 1. The third kappa shape index (κ3) is 4.33. The number of urea groups is 1. The van der Waals surface area contributed by atoms with Crippen LogP contribution in [0.4, 0.5) is 10.6 Å². The minimum Gasteiger partial charge on any atom is -0.367 e. The first kappa shape index (κ1) is 16.0. The van der Waals surface area contributed by atoms with Gasteiger partial charge in [-0.2, -0.15) is 5.26 Å². The monoisotopic (exact) mass is 302 g/mol. The van der Waals surface area contributed by atoms with Gasteiger partial charge in [0.15, 0.2) is 0 Å². The summed E-state index contributed by atoms with van der Waals surface area (Å²) in [7, 11) is 0. The molecule has 1 aromatic heterocycles. The molecule has 0 spiro atoms. The van der Waals surface area contributed by atoms with Crippen molar-refractivity contribution >= 4 is 11.8 Å². The van der Waals surface area contributed by atoms with Crippen LogP contribution in [0.3, 0.4) is 0 Å². The number of nitrogens with zero attached hydrogens (tertiary/aromatic N) is 4. The summed E-state index contributed by atoms with van der Waals surface area (Å²) in [5.41, 5.74) is 0.504. The zero-order chi connectivity index (χ0) is 15.8. The Morgan fingerprint density at radius 1 is 1.36 bits per heavy atom. The lowest BCUT2D eigenvalue weighted by atomic mass is 10.3. The normalized spacial score (nSPS) is 15.2. The number of anilines is 1. The SMILES string of the molecule is CCN1CCN(C(=O)NCCNc2ncccc2C#N)CC1. The van der Waals surface area contributed by atoms with E-state index < -0.39 is 0 Å². The topological polar surface area (TPSA) is 84.3 Å². The Morgan fingerprint density at radius 3 is 2.82 bits per heavy atom. The number of nitrogens with one attached hydrogen (secondary N) is 2. The highest BCUT2D eigenvalue weighted by atomic mass is 16.2. The van der Waals surface area contributed by atoms with Crippen molar-refractivity contribution in [1.29, 1.82) is 5.26 Å². The van der Waals surface area contributed by atoms with Crippen LogP contribution in [0.15, 0.2) is 18.3 Å². The number of carbonyl (C=O) groups excluding carboxylic acids is 1. The second kappa shape index (κ2) is 8.20. The molecule has 0 bridgehead atoms. The molecule has 0 aromatic carbocycles. The van der Waals surface area contributed by atoms with Gasteiger partial charge in [0.2, 0.25) is 0 Å². The Kier molecular flexibility index (Phi) is 5.98. The molecule has 0 atom stereocenters. The molecule has 1 aliphatic rings. The molecule has 2 rings (SSSR count). The lowest BCUT2D eigenvalue weighted by Gasteiger charge is -2.34. The van der Waals surface area contributed by atoms with Crippen molar-refractivity contribution in [2.75, 3.05) is 51.1 Å². The van der Waals surface area contributed by atoms with Crippen LogP contribution in [0.1, 0.15) is 12.5 Å². The summed E-state index contributed by atoms with van der Waals surface area (Å²) in [6, 6.07) is 5.49. The number of rotatable bonds is 5. The summed E-state index contributed by atoms with van der Waals surface area (Å²) in [4.78, 5) is 20.3. The maximum Gasteiger partial charge on any atom is 0.317 e. The van der Waals surface area contributed by atoms with Crippen molar-refractivity contribution < 1.29 is 4.79 Å². The van der Waals surface area contributed by atoms with Gasteiger partial charge in [0, 0.05) is 45.5 Å². The first-order valence-corrected chi connectivity index (χ1v) is 7.58. The van der Waals surface area contributed by atoms with Gasteiger partial charge in [-0.3, -0.25) is 0 Å². The number of aromatic nitrogens is 1. The minimum atomic E-state index is -0.0286. The van der Waals surface area contributed by atoms with E-state index in [1.807, 2.05) is 4.90 Å². The Morgan fingerprint density at radius 2 is 2.14 bits per heavy atom. The van der Waals surface area contributed by atoms with Crippen LogP contribution < -0.4 is 10.6 Å². The number of pyridine rings is 1. The highest BCUT2D eigenvalue weighted by molar-refractivity contribution is 5.74. The highest BCUT2D eigenvalue weighted by Crippen LogP contribution is 2.08. The van der Waals surface area contributed by atoms with Gasteiger partial charge in [-0.25, -0.2) is 9.78 Å². The molecular formula is C15H22N6O. The van der Waals surface area contributed by atoms with Gasteiger partial charge in [-0.05, 0) is 18.7 Å². The molecule has 0 radical (unpaired) electrons. The largest absolute Gasteiger partial charge is 0.367 e. The van der Waals surface area contributed by atoms with Gasteiger partial charge < -0.3 is 20.4 Å². The van der Waals surface area contributed by atoms with Crippen molar-refractivity contribution in [3.8, 4) is 6.07 Å². The molecule has 2 amide bonds. The van der Waals surface area contributed by atoms with E-state index >= 15 is 0 Å². The molecule has 1 saturated heterocycles. The lowest BCUT2D eigenvalue weighted by Crippen LogP contribution is -2.52. The highest BCUT2D eigenvalue weighted by Gasteiger charge is 2.19. The van der Waals surface area contributed by atoms with Crippen LogP contribution in [-0.4, -0.2) is 66.6 Å². The average Bonchev–Trinajstić information content (AvgIpc) is 2.59. The molecule has 7 heteroatoms. The van der Waals surface area contributed by atoms with Gasteiger partial charge in [0.1, 0.15) is 11.9 Å². The summed E-state index contributed by atoms with van der Waals surface area (Å²) in [6.07, 6.45) is 1.63. The second-order valence-corrected chi connectivity index (χ2v) is 5.09. The van der Waals surface area contributed by atoms with Crippen LogP contribution >= 0.6 is 0 Å². The van der Waals surface area contributed by atoms with Crippen molar-refractivity contribution in [1.82, 2.24) is 20.1 Å². The van der Waals surface area contributed by atoms with E-state index in [2.05, 4.69) is 33.5 Å². The summed E-state index contributed by atoms with van der Waals surface area (Å²) >= 11 is 0. The quantitative estimate of drug-likeness (QED) is 0.783. The van der Waals surface area contributed by atoms with Crippen molar-refractivity contribution in [3.05, 3.63) is 23.9 Å². The molecule has 22 heavy (non-hydrogen) atoms. The van der Waals surface area contributed by atoms with Crippen LogP contribution in [0.5, 0.6) is 0 Å². The van der Waals surface area contributed by atoms with E-state index in [0.717, 1.165) is 32.7 Å². The molecule has 118 valence electrons. The number of hydrogen-bond donors (Lipinski definition) is 2. The zero-order valence-corrected chi connectivity index (χ0v) is 12.9. The van der Waals surface area contributed by atoms with Gasteiger partial charge in [0.05, 0.1) is 5.56 Å². The van der Waals surface area contributed by atoms with Gasteiger partial charge in [-0.1, -0.05) is 6.92 Å². The molecule has 0 saturated carbocycles. The number of hydrogen-bond acceptors (Lipinski definition) is 5. The van der Waals surface area contributed by atoms with Crippen LogP contribution in [0.2, 0.25) is 0 Å². The second-order valence-electron chi connectivity index (χ2n) is 5.09. The fourth-order valence-electron chi connectivity index (χ4n) is 2.37. The first-order valence-electron chi connectivity index (χ1n) is 7.58. The Hall–Kier alpha value is -2.33. The number of nitriles is 1. The average molecular weight is 302 g/mol. The summed E-state index contributed by atoms with van der Waals surface area (Å²) < 4.78 is 0. The summed E-state index contributed by atoms with van der Waals surface area (Å²) in [6.45, 7) is 7.60. The van der Waals surface area contributed by atoms with E-state index in [1.165, 1.54) is 0 Å². The molecule has 0 unspecified atom stereocenters. The molecule has 1 aromatic rings. The van der Waals surface area contributed by atoms with Crippen molar-refractivity contribution in [2.24, 2.45) is 0 Å². The number of likely N-dealkylation sites (N-methyl/N-ethyl adjacent to an activating group) is 1. The lowest BCUT2D eigenvalue weighted by molar-refractivity contribution is 0.143. The van der Waals surface area contributed by atoms with Gasteiger partial charge in [-0.15, -0.1) is 0 Å². The molecular weight excluding hydrogens is 280 g/mol. The molecule has 1 aliphatic heterocycles. The molecule has 2 heterocycles. The predicted molar refractivity (Wildman–Crippen MR) is 84.5 cm³/mol. The maximum absolute atomic E-state index is 12.0. The first-order chi connectivity index (χ1) is 10.7. The zero-order valence-electron chi connectivity index (χ0n) is 12.9. The van der Waals surface area contributed by atoms with E-state index in [0.29, 0.717) is 24.5 Å². The van der Waals surface area contributed by atoms with E-state index in [4.69, 9.17) is 5.26 Å². The number of piperazine rings is 1.